The molecule has 4 heteroatoms. The number of para-hydroxylation sites is 1. The zero-order valence-corrected chi connectivity index (χ0v) is 19.7. The predicted molar refractivity (Wildman–Crippen MR) is 126 cm³/mol. The van der Waals surface area contributed by atoms with Crippen LogP contribution in [0.3, 0.4) is 0 Å². The van der Waals surface area contributed by atoms with Crippen LogP contribution in [-0.2, 0) is 0 Å². The number of fused-ring (bicyclic) bond motifs is 1. The molecule has 0 fully saturated rings. The van der Waals surface area contributed by atoms with Crippen molar-refractivity contribution in [2.75, 3.05) is 24.3 Å². The maximum Gasteiger partial charge on any atom is 0.134 e. The molecule has 2 aromatic rings. The molecule has 0 aromatic heterocycles. The predicted octanol–water partition coefficient (Wildman–Crippen LogP) is 8.07. The first kappa shape index (κ1) is 21.6. The lowest BCUT2D eigenvalue weighted by Crippen LogP contribution is -2.36. The monoisotopic (exact) mass is 461 g/mol. The second kappa shape index (κ2) is 10.1. The Kier molecular flexibility index (Phi) is 7.76. The molecule has 1 aliphatic rings. The van der Waals surface area contributed by atoms with Crippen LogP contribution in [0.2, 0.25) is 0 Å². The minimum atomic E-state index is 0.339. The molecule has 0 saturated carbocycles. The van der Waals surface area contributed by atoms with Gasteiger partial charge in [-0.3, -0.25) is 0 Å². The van der Waals surface area contributed by atoms with Crippen LogP contribution in [0, 0.1) is 5.41 Å². The van der Waals surface area contributed by atoms with Gasteiger partial charge in [0.1, 0.15) is 5.75 Å². The molecular weight excluding hydrogens is 430 g/mol. The van der Waals surface area contributed by atoms with Crippen molar-refractivity contribution in [2.45, 2.75) is 57.3 Å². The summed E-state index contributed by atoms with van der Waals surface area (Å²) >= 11 is 5.72. The van der Waals surface area contributed by atoms with Crippen molar-refractivity contribution in [3.8, 4) is 5.75 Å². The maximum absolute atomic E-state index is 5.60. The summed E-state index contributed by atoms with van der Waals surface area (Å²) in [6, 6.07) is 15.3. The van der Waals surface area contributed by atoms with Crippen LogP contribution < -0.4 is 9.64 Å². The number of unbranched alkanes of at least 4 members (excludes halogenated alkanes) is 2. The first-order chi connectivity index (χ1) is 13.6. The van der Waals surface area contributed by atoms with Crippen molar-refractivity contribution in [1.82, 2.24) is 0 Å². The highest BCUT2D eigenvalue weighted by Gasteiger charge is 2.36. The largest absolute Gasteiger partial charge is 0.496 e. The van der Waals surface area contributed by atoms with E-state index in [0.29, 0.717) is 5.41 Å². The fourth-order valence-corrected chi connectivity index (χ4v) is 5.92. The number of rotatable bonds is 8. The molecule has 0 radical (unpaired) electrons. The van der Waals surface area contributed by atoms with Crippen LogP contribution in [-0.4, -0.2) is 19.4 Å². The van der Waals surface area contributed by atoms with Gasteiger partial charge in [-0.25, -0.2) is 0 Å². The average molecular weight is 462 g/mol. The van der Waals surface area contributed by atoms with Gasteiger partial charge in [0.2, 0.25) is 0 Å². The van der Waals surface area contributed by atoms with E-state index in [4.69, 9.17) is 4.74 Å². The van der Waals surface area contributed by atoms with Crippen LogP contribution in [0.1, 0.15) is 52.4 Å². The molecule has 0 spiro atoms. The molecule has 0 aliphatic carbocycles. The fraction of sp³-hybridized carbons (Fsp3) is 0.500. The van der Waals surface area contributed by atoms with Crippen molar-refractivity contribution < 1.29 is 4.74 Å². The standard InChI is InChI=1S/C24H32BrNOS/c1-4-6-13-24(14-7-5-2)17-26(19-11-9-8-10-12-19)21-15-20(25)22(27-3)16-23(21)28-18-24/h8-12,15-16H,4-7,13-14,17-18H2,1-3H3. The topological polar surface area (TPSA) is 12.5 Å². The van der Waals surface area contributed by atoms with E-state index in [1.807, 2.05) is 11.8 Å². The Balaban J connectivity index is 2.07. The van der Waals surface area contributed by atoms with Gasteiger partial charge in [-0.05, 0) is 58.5 Å². The third-order valence-electron chi connectivity index (χ3n) is 5.74. The zero-order chi connectivity index (χ0) is 20.0. The van der Waals surface area contributed by atoms with Crippen molar-refractivity contribution in [1.29, 1.82) is 0 Å². The van der Waals surface area contributed by atoms with Gasteiger partial charge in [-0.15, -0.1) is 11.8 Å². The number of anilines is 2. The van der Waals surface area contributed by atoms with Gasteiger partial charge in [-0.1, -0.05) is 57.7 Å². The minimum Gasteiger partial charge on any atom is -0.496 e. The summed E-state index contributed by atoms with van der Waals surface area (Å²) in [5, 5.41) is 0. The Labute approximate surface area is 183 Å². The SMILES string of the molecule is CCCCC1(CCCC)CSc2cc(OC)c(Br)cc2N(c2ccccc2)C1. The second-order valence-corrected chi connectivity index (χ2v) is 9.74. The highest BCUT2D eigenvalue weighted by Crippen LogP contribution is 2.49. The maximum atomic E-state index is 5.60. The Bertz CT molecular complexity index is 757. The van der Waals surface area contributed by atoms with E-state index in [1.165, 1.54) is 60.5 Å². The van der Waals surface area contributed by atoms with Crippen molar-refractivity contribution >= 4 is 39.1 Å². The van der Waals surface area contributed by atoms with E-state index in [0.717, 1.165) is 16.8 Å². The molecular formula is C24H32BrNOS. The highest BCUT2D eigenvalue weighted by atomic mass is 79.9. The Morgan fingerprint density at radius 1 is 1.07 bits per heavy atom. The molecule has 0 amide bonds. The van der Waals surface area contributed by atoms with Crippen LogP contribution in [0.5, 0.6) is 5.75 Å². The molecule has 152 valence electrons. The molecule has 1 heterocycles. The zero-order valence-electron chi connectivity index (χ0n) is 17.3. The third-order valence-corrected chi connectivity index (χ3v) is 7.76. The molecule has 0 atom stereocenters. The number of benzene rings is 2. The third kappa shape index (κ3) is 4.88. The van der Waals surface area contributed by atoms with Gasteiger partial charge in [0.05, 0.1) is 17.3 Å². The number of hydrogen-bond donors (Lipinski definition) is 0. The van der Waals surface area contributed by atoms with E-state index in [1.54, 1.807) is 7.11 Å². The average Bonchev–Trinajstić information content (AvgIpc) is 2.88. The van der Waals surface area contributed by atoms with Crippen LogP contribution in [0.25, 0.3) is 0 Å². The second-order valence-electron chi connectivity index (χ2n) is 7.87. The fourth-order valence-electron chi connectivity index (χ4n) is 4.07. The summed E-state index contributed by atoms with van der Waals surface area (Å²) in [5.41, 5.74) is 2.91. The van der Waals surface area contributed by atoms with Crippen LogP contribution in [0.4, 0.5) is 11.4 Å². The lowest BCUT2D eigenvalue weighted by molar-refractivity contribution is 0.274. The van der Waals surface area contributed by atoms with Gasteiger partial charge < -0.3 is 9.64 Å². The lowest BCUT2D eigenvalue weighted by Gasteiger charge is -2.37. The van der Waals surface area contributed by atoms with E-state index in [2.05, 4.69) is 77.1 Å². The minimum absolute atomic E-state index is 0.339. The molecule has 2 nitrogen and oxygen atoms in total. The van der Waals surface area contributed by atoms with Gasteiger partial charge in [0.25, 0.3) is 0 Å². The van der Waals surface area contributed by atoms with Gasteiger partial charge in [0.15, 0.2) is 0 Å². The number of methoxy groups -OCH3 is 1. The first-order valence-corrected chi connectivity index (χ1v) is 12.2. The van der Waals surface area contributed by atoms with Gasteiger partial charge >= 0.3 is 0 Å². The normalized spacial score (nSPS) is 15.8. The Hall–Kier alpha value is -1.13. The van der Waals surface area contributed by atoms with Crippen LogP contribution >= 0.6 is 27.7 Å². The molecule has 28 heavy (non-hydrogen) atoms. The Morgan fingerprint density at radius 2 is 1.75 bits per heavy atom. The first-order valence-electron chi connectivity index (χ1n) is 10.5. The molecule has 0 saturated heterocycles. The van der Waals surface area contributed by atoms with E-state index in [9.17, 15) is 0 Å². The molecule has 0 bridgehead atoms. The molecule has 1 aliphatic heterocycles. The lowest BCUT2D eigenvalue weighted by atomic mass is 9.79. The van der Waals surface area contributed by atoms with E-state index in [-0.39, 0.29) is 0 Å². The summed E-state index contributed by atoms with van der Waals surface area (Å²) in [6.07, 6.45) is 7.72. The van der Waals surface area contributed by atoms with Crippen molar-refractivity contribution in [3.05, 3.63) is 46.9 Å². The molecule has 0 unspecified atom stereocenters. The van der Waals surface area contributed by atoms with Gasteiger partial charge in [0, 0.05) is 22.9 Å². The quantitative estimate of drug-likeness (QED) is 0.394. The number of halogens is 1. The smallest absolute Gasteiger partial charge is 0.134 e. The molecule has 2 aromatic carbocycles. The van der Waals surface area contributed by atoms with Crippen molar-refractivity contribution in [2.24, 2.45) is 5.41 Å². The van der Waals surface area contributed by atoms with E-state index < -0.39 is 0 Å². The van der Waals surface area contributed by atoms with Crippen molar-refractivity contribution in [3.63, 3.8) is 0 Å². The number of ether oxygens (including phenoxy) is 1. The summed E-state index contributed by atoms with van der Waals surface area (Å²) < 4.78 is 6.61. The number of nitrogens with zero attached hydrogens (tertiary/aromatic N) is 1. The summed E-state index contributed by atoms with van der Waals surface area (Å²) in [4.78, 5) is 3.86. The Morgan fingerprint density at radius 3 is 2.36 bits per heavy atom. The summed E-state index contributed by atoms with van der Waals surface area (Å²) in [6.45, 7) is 5.70. The van der Waals surface area contributed by atoms with Crippen LogP contribution in [0.15, 0.2) is 51.8 Å². The summed E-state index contributed by atoms with van der Waals surface area (Å²) in [5.74, 6) is 2.09. The summed E-state index contributed by atoms with van der Waals surface area (Å²) in [7, 11) is 1.75. The number of thioether (sulfide) groups is 1. The number of hydrogen-bond acceptors (Lipinski definition) is 3. The van der Waals surface area contributed by atoms with Gasteiger partial charge in [-0.2, -0.15) is 0 Å². The van der Waals surface area contributed by atoms with E-state index >= 15 is 0 Å². The molecule has 3 rings (SSSR count). The highest BCUT2D eigenvalue weighted by molar-refractivity contribution is 9.10. The molecule has 0 N–H and O–H groups in total.